The van der Waals surface area contributed by atoms with Crippen LogP contribution in [-0.2, 0) is 10.1 Å². The summed E-state index contributed by atoms with van der Waals surface area (Å²) in [6.07, 6.45) is -0.517. The highest BCUT2D eigenvalue weighted by molar-refractivity contribution is 9.08. The number of benzene rings is 1. The van der Waals surface area contributed by atoms with Crippen molar-refractivity contribution in [3.63, 3.8) is 0 Å². The Labute approximate surface area is 113 Å². The van der Waals surface area contributed by atoms with Crippen molar-refractivity contribution in [2.45, 2.75) is 31.7 Å². The zero-order valence-electron chi connectivity index (χ0n) is 10.5. The Bertz CT molecular complexity index is 587. The second kappa shape index (κ2) is 4.68. The fraction of sp³-hybridized carbons (Fsp3) is 0.417. The maximum Gasteiger partial charge on any atom is 0.437 e. The Balaban J connectivity index is 2.42. The van der Waals surface area contributed by atoms with Gasteiger partial charge in [-0.25, -0.2) is 4.79 Å². The van der Waals surface area contributed by atoms with E-state index in [1.54, 1.807) is 0 Å². The number of nitrogens with zero attached hydrogens (tertiary/aromatic N) is 3. The lowest BCUT2D eigenvalue weighted by Gasteiger charge is -2.18. The van der Waals surface area contributed by atoms with E-state index in [1.807, 2.05) is 39.0 Å². The summed E-state index contributed by atoms with van der Waals surface area (Å²) in [5.41, 5.74) is 1.82. The first-order valence-corrected chi connectivity index (χ1v) is 6.66. The van der Waals surface area contributed by atoms with Gasteiger partial charge in [0.1, 0.15) is 16.6 Å². The normalized spacial score (nSPS) is 11.8. The average Bonchev–Trinajstić information content (AvgIpc) is 2.69. The van der Waals surface area contributed by atoms with Gasteiger partial charge in [0, 0.05) is 5.33 Å². The van der Waals surface area contributed by atoms with Crippen LogP contribution in [0.1, 0.15) is 26.3 Å². The van der Waals surface area contributed by atoms with Crippen molar-refractivity contribution in [3.8, 4) is 0 Å². The molecule has 2 aromatic rings. The Morgan fingerprint density at radius 2 is 2.17 bits per heavy atom. The summed E-state index contributed by atoms with van der Waals surface area (Å²) in [5, 5.41) is 8.48. The monoisotopic (exact) mass is 311 g/mol. The van der Waals surface area contributed by atoms with Crippen molar-refractivity contribution < 1.29 is 9.53 Å². The smallest absolute Gasteiger partial charge is 0.437 e. The van der Waals surface area contributed by atoms with Gasteiger partial charge >= 0.3 is 6.09 Å². The van der Waals surface area contributed by atoms with Gasteiger partial charge in [0.2, 0.25) is 0 Å². The number of rotatable bonds is 1. The van der Waals surface area contributed by atoms with Gasteiger partial charge in [0.15, 0.2) is 0 Å². The zero-order valence-corrected chi connectivity index (χ0v) is 12.1. The van der Waals surface area contributed by atoms with Crippen LogP contribution in [0.4, 0.5) is 4.79 Å². The number of alkyl halides is 1. The first-order valence-electron chi connectivity index (χ1n) is 5.54. The highest BCUT2D eigenvalue weighted by atomic mass is 79.9. The van der Waals surface area contributed by atoms with Crippen LogP contribution in [0.5, 0.6) is 0 Å². The van der Waals surface area contributed by atoms with E-state index in [9.17, 15) is 4.79 Å². The fourth-order valence-corrected chi connectivity index (χ4v) is 1.84. The minimum absolute atomic E-state index is 0.517. The molecule has 6 heteroatoms. The Morgan fingerprint density at radius 1 is 1.44 bits per heavy atom. The number of carbonyl (C=O) groups excluding carboxylic acids is 1. The second-order valence-electron chi connectivity index (χ2n) is 4.94. The van der Waals surface area contributed by atoms with Gasteiger partial charge < -0.3 is 4.74 Å². The number of carbonyl (C=O) groups is 1. The lowest BCUT2D eigenvalue weighted by Crippen LogP contribution is -2.27. The number of aromatic nitrogens is 3. The summed E-state index contributed by atoms with van der Waals surface area (Å²) in [6.45, 7) is 5.44. The van der Waals surface area contributed by atoms with Crippen molar-refractivity contribution in [3.05, 3.63) is 23.8 Å². The summed E-state index contributed by atoms with van der Waals surface area (Å²) < 4.78 is 6.46. The zero-order chi connectivity index (χ0) is 13.3. The maximum absolute atomic E-state index is 12.0. The molecule has 0 saturated carbocycles. The molecule has 2 rings (SSSR count). The molecule has 0 atom stereocenters. The van der Waals surface area contributed by atoms with Gasteiger partial charge in [-0.15, -0.1) is 9.78 Å². The lowest BCUT2D eigenvalue weighted by atomic mass is 10.2. The molecule has 0 saturated heterocycles. The van der Waals surface area contributed by atoms with E-state index >= 15 is 0 Å². The van der Waals surface area contributed by atoms with Crippen LogP contribution >= 0.6 is 15.9 Å². The van der Waals surface area contributed by atoms with E-state index in [2.05, 4.69) is 26.2 Å². The molecule has 0 unspecified atom stereocenters. The number of hydrogen-bond donors (Lipinski definition) is 0. The molecule has 0 N–H and O–H groups in total. The highest BCUT2D eigenvalue weighted by Gasteiger charge is 2.20. The van der Waals surface area contributed by atoms with E-state index in [0.717, 1.165) is 5.56 Å². The number of ether oxygens (including phenoxy) is 1. The van der Waals surface area contributed by atoms with Gasteiger partial charge in [-0.3, -0.25) is 0 Å². The molecule has 0 spiro atoms. The van der Waals surface area contributed by atoms with Crippen LogP contribution < -0.4 is 0 Å². The molecule has 1 aromatic heterocycles. The summed E-state index contributed by atoms with van der Waals surface area (Å²) in [4.78, 5) is 12.0. The van der Waals surface area contributed by atoms with Crippen LogP contribution in [0.3, 0.4) is 0 Å². The Kier molecular flexibility index (Phi) is 3.38. The first kappa shape index (κ1) is 13.0. The first-order chi connectivity index (χ1) is 8.40. The third-order valence-corrected chi connectivity index (χ3v) is 2.88. The van der Waals surface area contributed by atoms with E-state index in [-0.39, 0.29) is 0 Å². The molecule has 0 aliphatic heterocycles. The highest BCUT2D eigenvalue weighted by Crippen LogP contribution is 2.17. The van der Waals surface area contributed by atoms with Gasteiger partial charge in [-0.1, -0.05) is 27.2 Å². The SMILES string of the molecule is CC(C)(C)OC(=O)n1nnc2ccc(CBr)cc21. The molecule has 1 aromatic carbocycles. The van der Waals surface area contributed by atoms with E-state index in [0.29, 0.717) is 16.4 Å². The van der Waals surface area contributed by atoms with Crippen LogP contribution in [0.2, 0.25) is 0 Å². The number of hydrogen-bond acceptors (Lipinski definition) is 4. The van der Waals surface area contributed by atoms with Gasteiger partial charge in [-0.05, 0) is 38.5 Å². The predicted molar refractivity (Wildman–Crippen MR) is 71.8 cm³/mol. The Morgan fingerprint density at radius 3 is 2.78 bits per heavy atom. The third kappa shape index (κ3) is 2.69. The molecular weight excluding hydrogens is 298 g/mol. The molecule has 0 amide bonds. The van der Waals surface area contributed by atoms with E-state index in [4.69, 9.17) is 4.74 Å². The van der Waals surface area contributed by atoms with E-state index in [1.165, 1.54) is 4.68 Å². The molecule has 0 bridgehead atoms. The van der Waals surface area contributed by atoms with Crippen LogP contribution in [0.25, 0.3) is 11.0 Å². The quantitative estimate of drug-likeness (QED) is 0.759. The maximum atomic E-state index is 12.0. The summed E-state index contributed by atoms with van der Waals surface area (Å²) >= 11 is 3.38. The van der Waals surface area contributed by atoms with Crippen molar-refractivity contribution >= 4 is 33.1 Å². The molecule has 96 valence electrons. The molecule has 0 radical (unpaired) electrons. The van der Waals surface area contributed by atoms with Gasteiger partial charge in [0.25, 0.3) is 0 Å². The lowest BCUT2D eigenvalue weighted by molar-refractivity contribution is 0.0519. The third-order valence-electron chi connectivity index (χ3n) is 2.23. The topological polar surface area (TPSA) is 57.0 Å². The number of fused-ring (bicyclic) bond motifs is 1. The largest absolute Gasteiger partial charge is 0.442 e. The molecule has 0 aliphatic carbocycles. The standard InChI is InChI=1S/C12H14BrN3O2/c1-12(2,3)18-11(17)16-10-6-8(7-13)4-5-9(10)14-15-16/h4-6H,7H2,1-3H3. The van der Waals surface area contributed by atoms with Crippen molar-refractivity contribution in [2.24, 2.45) is 0 Å². The summed E-state index contributed by atoms with van der Waals surface area (Å²) in [5.74, 6) is 0. The Hall–Kier alpha value is -1.43. The van der Waals surface area contributed by atoms with Crippen LogP contribution in [0.15, 0.2) is 18.2 Å². The van der Waals surface area contributed by atoms with Gasteiger partial charge in [0.05, 0.1) is 0 Å². The summed E-state index contributed by atoms with van der Waals surface area (Å²) in [7, 11) is 0. The molecule has 1 heterocycles. The molecule has 5 nitrogen and oxygen atoms in total. The van der Waals surface area contributed by atoms with Crippen molar-refractivity contribution in [1.82, 2.24) is 15.0 Å². The molecule has 18 heavy (non-hydrogen) atoms. The fourth-order valence-electron chi connectivity index (χ4n) is 1.49. The predicted octanol–water partition coefficient (Wildman–Crippen LogP) is 3.11. The van der Waals surface area contributed by atoms with Crippen molar-refractivity contribution in [1.29, 1.82) is 0 Å². The molecule has 0 fully saturated rings. The molecule has 0 aliphatic rings. The minimum Gasteiger partial charge on any atom is -0.442 e. The number of halogens is 1. The van der Waals surface area contributed by atoms with Crippen LogP contribution in [0, 0.1) is 0 Å². The van der Waals surface area contributed by atoms with Crippen molar-refractivity contribution in [2.75, 3.05) is 0 Å². The van der Waals surface area contributed by atoms with Gasteiger partial charge in [-0.2, -0.15) is 0 Å². The summed E-state index contributed by atoms with van der Waals surface area (Å²) in [6, 6.07) is 5.64. The van der Waals surface area contributed by atoms with Crippen LogP contribution in [-0.4, -0.2) is 26.7 Å². The molecular formula is C12H14BrN3O2. The average molecular weight is 312 g/mol. The second-order valence-corrected chi connectivity index (χ2v) is 5.50. The minimum atomic E-state index is -0.553. The van der Waals surface area contributed by atoms with E-state index < -0.39 is 11.7 Å².